The van der Waals surface area contributed by atoms with Gasteiger partial charge in [-0.05, 0) is 60.7 Å². The van der Waals surface area contributed by atoms with Gasteiger partial charge in [-0.1, -0.05) is 42.5 Å². The zero-order chi connectivity index (χ0) is 20.4. The minimum absolute atomic E-state index is 0.140. The van der Waals surface area contributed by atoms with E-state index in [4.69, 9.17) is 0 Å². The Bertz CT molecular complexity index is 1210. The fourth-order valence-electron chi connectivity index (χ4n) is 3.20. The van der Waals surface area contributed by atoms with Crippen LogP contribution >= 0.6 is 11.3 Å². The number of anilines is 2. The number of rotatable bonds is 4. The highest BCUT2D eigenvalue weighted by Crippen LogP contribution is 2.31. The van der Waals surface area contributed by atoms with Crippen molar-refractivity contribution >= 4 is 44.6 Å². The number of amides is 2. The van der Waals surface area contributed by atoms with Gasteiger partial charge >= 0.3 is 0 Å². The molecule has 0 saturated heterocycles. The maximum absolute atomic E-state index is 12.9. The third-order valence-corrected chi connectivity index (χ3v) is 6.10. The van der Waals surface area contributed by atoms with E-state index in [1.165, 1.54) is 11.3 Å². The van der Waals surface area contributed by atoms with Gasteiger partial charge in [-0.15, -0.1) is 11.3 Å². The van der Waals surface area contributed by atoms with Crippen LogP contribution in [0.4, 0.5) is 11.4 Å². The maximum Gasteiger partial charge on any atom is 0.266 e. The van der Waals surface area contributed by atoms with Gasteiger partial charge in [0.2, 0.25) is 0 Å². The summed E-state index contributed by atoms with van der Waals surface area (Å²) < 4.78 is 1.09. The highest BCUT2D eigenvalue weighted by molar-refractivity contribution is 7.21. The number of thiophene rings is 1. The first kappa shape index (κ1) is 18.9. The van der Waals surface area contributed by atoms with Crippen LogP contribution in [0.1, 0.15) is 31.2 Å². The fourth-order valence-corrected chi connectivity index (χ4v) is 4.30. The third kappa shape index (κ3) is 3.91. The second-order valence-corrected chi connectivity index (χ2v) is 7.91. The van der Waals surface area contributed by atoms with Crippen LogP contribution in [0.3, 0.4) is 0 Å². The van der Waals surface area contributed by atoms with Crippen LogP contribution in [0, 0.1) is 13.8 Å². The number of fused-ring (bicyclic) bond motifs is 1. The predicted molar refractivity (Wildman–Crippen MR) is 120 cm³/mol. The van der Waals surface area contributed by atoms with E-state index in [0.29, 0.717) is 21.8 Å². The average Bonchev–Trinajstić information content (AvgIpc) is 3.08. The van der Waals surface area contributed by atoms with Crippen molar-refractivity contribution in [2.24, 2.45) is 0 Å². The van der Waals surface area contributed by atoms with Gasteiger partial charge in [0.25, 0.3) is 11.8 Å². The van der Waals surface area contributed by atoms with Crippen LogP contribution < -0.4 is 10.6 Å². The zero-order valence-electron chi connectivity index (χ0n) is 16.2. The number of carbonyl (C=O) groups excluding carboxylic acids is 2. The van der Waals surface area contributed by atoms with Gasteiger partial charge in [0.1, 0.15) is 0 Å². The smallest absolute Gasteiger partial charge is 0.266 e. The summed E-state index contributed by atoms with van der Waals surface area (Å²) in [6, 6.07) is 22.5. The second kappa shape index (κ2) is 7.89. The Balaban J connectivity index is 1.57. The van der Waals surface area contributed by atoms with Crippen molar-refractivity contribution < 1.29 is 9.59 Å². The number of hydrogen-bond acceptors (Lipinski definition) is 3. The van der Waals surface area contributed by atoms with E-state index in [2.05, 4.69) is 10.6 Å². The van der Waals surface area contributed by atoms with Crippen molar-refractivity contribution in [3.63, 3.8) is 0 Å². The Kier molecular flexibility index (Phi) is 5.14. The van der Waals surface area contributed by atoms with Gasteiger partial charge in [0.05, 0.1) is 4.88 Å². The number of nitrogens with one attached hydrogen (secondary N) is 2. The number of hydrogen-bond donors (Lipinski definition) is 2. The summed E-state index contributed by atoms with van der Waals surface area (Å²) in [5, 5.41) is 6.99. The van der Waals surface area contributed by atoms with Gasteiger partial charge in [0, 0.05) is 21.6 Å². The number of benzene rings is 3. The monoisotopic (exact) mass is 400 g/mol. The highest BCUT2D eigenvalue weighted by atomic mass is 32.1. The minimum Gasteiger partial charge on any atom is -0.322 e. The van der Waals surface area contributed by atoms with Crippen molar-refractivity contribution in [2.75, 3.05) is 10.6 Å². The molecular weight excluding hydrogens is 380 g/mol. The summed E-state index contributed by atoms with van der Waals surface area (Å²) >= 11 is 1.49. The molecule has 0 fully saturated rings. The molecule has 4 rings (SSSR count). The highest BCUT2D eigenvalue weighted by Gasteiger charge is 2.16. The van der Waals surface area contributed by atoms with Crippen molar-refractivity contribution in [1.29, 1.82) is 0 Å². The molecule has 144 valence electrons. The van der Waals surface area contributed by atoms with Gasteiger partial charge < -0.3 is 10.6 Å². The summed E-state index contributed by atoms with van der Waals surface area (Å²) in [7, 11) is 0. The summed E-state index contributed by atoms with van der Waals surface area (Å²) in [4.78, 5) is 26.0. The van der Waals surface area contributed by atoms with E-state index in [1.807, 2.05) is 68.4 Å². The molecule has 29 heavy (non-hydrogen) atoms. The lowest BCUT2D eigenvalue weighted by molar-refractivity contribution is 0.102. The lowest BCUT2D eigenvalue weighted by Crippen LogP contribution is -2.14. The van der Waals surface area contributed by atoms with Crippen LogP contribution in [0.15, 0.2) is 72.8 Å². The maximum atomic E-state index is 12.9. The van der Waals surface area contributed by atoms with Crippen LogP contribution in [0.5, 0.6) is 0 Å². The molecule has 0 radical (unpaired) electrons. The Morgan fingerprint density at radius 2 is 1.52 bits per heavy atom. The van der Waals surface area contributed by atoms with Gasteiger partial charge in [-0.25, -0.2) is 0 Å². The van der Waals surface area contributed by atoms with E-state index >= 15 is 0 Å². The van der Waals surface area contributed by atoms with Crippen molar-refractivity contribution in [3.05, 3.63) is 94.4 Å². The molecule has 4 aromatic rings. The van der Waals surface area contributed by atoms with Gasteiger partial charge in [-0.2, -0.15) is 0 Å². The third-order valence-electron chi connectivity index (χ3n) is 4.83. The number of aryl methyl sites for hydroxylation is 2. The Hall–Kier alpha value is -3.44. The minimum atomic E-state index is -0.188. The second-order valence-electron chi connectivity index (χ2n) is 6.86. The number of carbonyl (C=O) groups is 2. The molecule has 0 aliphatic rings. The summed E-state index contributed by atoms with van der Waals surface area (Å²) in [6.07, 6.45) is 0. The van der Waals surface area contributed by atoms with Gasteiger partial charge in [-0.3, -0.25) is 9.59 Å². The molecule has 5 heteroatoms. The Morgan fingerprint density at radius 3 is 2.28 bits per heavy atom. The molecule has 0 bridgehead atoms. The molecule has 4 nitrogen and oxygen atoms in total. The molecule has 1 heterocycles. The van der Waals surface area contributed by atoms with Crippen LogP contribution in [-0.2, 0) is 0 Å². The summed E-state index contributed by atoms with van der Waals surface area (Å²) in [5.41, 5.74) is 3.80. The molecule has 0 atom stereocenters. The van der Waals surface area contributed by atoms with Gasteiger partial charge in [0.15, 0.2) is 0 Å². The summed E-state index contributed by atoms with van der Waals surface area (Å²) in [5.74, 6) is -0.328. The molecule has 0 spiro atoms. The molecule has 0 aliphatic heterocycles. The van der Waals surface area contributed by atoms with E-state index in [-0.39, 0.29) is 11.8 Å². The normalized spacial score (nSPS) is 10.7. The van der Waals surface area contributed by atoms with E-state index < -0.39 is 0 Å². The molecule has 0 unspecified atom stereocenters. The Labute approximate surface area is 173 Å². The lowest BCUT2D eigenvalue weighted by Gasteiger charge is -2.11. The molecule has 0 saturated carbocycles. The van der Waals surface area contributed by atoms with Crippen molar-refractivity contribution in [2.45, 2.75) is 13.8 Å². The molecule has 2 N–H and O–H groups in total. The largest absolute Gasteiger partial charge is 0.322 e. The van der Waals surface area contributed by atoms with Crippen molar-refractivity contribution in [3.8, 4) is 0 Å². The molecule has 0 aliphatic carbocycles. The predicted octanol–water partition coefficient (Wildman–Crippen LogP) is 6.02. The van der Waals surface area contributed by atoms with Crippen LogP contribution in [0.2, 0.25) is 0 Å². The van der Waals surface area contributed by atoms with E-state index in [1.54, 1.807) is 18.2 Å². The Morgan fingerprint density at radius 1 is 0.793 bits per heavy atom. The first-order valence-electron chi connectivity index (χ1n) is 9.29. The molecule has 2 amide bonds. The van der Waals surface area contributed by atoms with Crippen LogP contribution in [-0.4, -0.2) is 11.8 Å². The molecular formula is C24H20N2O2S. The first-order chi connectivity index (χ1) is 14.0. The lowest BCUT2D eigenvalue weighted by atomic mass is 10.1. The first-order valence-corrected chi connectivity index (χ1v) is 10.1. The topological polar surface area (TPSA) is 58.2 Å². The van der Waals surface area contributed by atoms with Crippen molar-refractivity contribution in [1.82, 2.24) is 0 Å². The quantitative estimate of drug-likeness (QED) is 0.440. The SMILES string of the molecule is Cc1ccc(NC(=O)c2ccccc2)cc1NC(=O)c1sc2ccccc2c1C. The fraction of sp³-hybridized carbons (Fsp3) is 0.0833. The van der Waals surface area contributed by atoms with E-state index in [9.17, 15) is 9.59 Å². The average molecular weight is 401 g/mol. The zero-order valence-corrected chi connectivity index (χ0v) is 17.0. The standard InChI is InChI=1S/C24H20N2O2S/c1-15-12-13-18(25-23(27)17-8-4-3-5-9-17)14-20(15)26-24(28)22-16(2)19-10-6-7-11-21(19)29-22/h3-14H,1-2H3,(H,25,27)(H,26,28). The van der Waals surface area contributed by atoms with Crippen LogP contribution in [0.25, 0.3) is 10.1 Å². The van der Waals surface area contributed by atoms with E-state index in [0.717, 1.165) is 21.2 Å². The molecule has 3 aromatic carbocycles. The summed E-state index contributed by atoms with van der Waals surface area (Å²) in [6.45, 7) is 3.90. The molecule has 1 aromatic heterocycles.